The van der Waals surface area contributed by atoms with Crippen LogP contribution in [0.4, 0.5) is 15.6 Å². The lowest BCUT2D eigenvalue weighted by atomic mass is 10.1. The average Bonchev–Trinajstić information content (AvgIpc) is 2.94. The fraction of sp³-hybridized carbons (Fsp3) is 0.529. The van der Waals surface area contributed by atoms with Crippen molar-refractivity contribution < 1.29 is 14.5 Å². The van der Waals surface area contributed by atoms with Gasteiger partial charge >= 0.3 is 6.09 Å². The van der Waals surface area contributed by atoms with Gasteiger partial charge in [-0.2, -0.15) is 0 Å². The second-order valence-corrected chi connectivity index (χ2v) is 8.37. The topological polar surface area (TPSA) is 97.6 Å². The number of fused-ring (bicyclic) bond motifs is 1. The van der Waals surface area contributed by atoms with Crippen LogP contribution in [0.3, 0.4) is 0 Å². The van der Waals surface area contributed by atoms with Gasteiger partial charge in [0, 0.05) is 31.3 Å². The molecule has 1 aliphatic heterocycles. The van der Waals surface area contributed by atoms with Crippen molar-refractivity contribution in [2.45, 2.75) is 45.3 Å². The van der Waals surface area contributed by atoms with E-state index in [1.54, 1.807) is 11.0 Å². The number of carbonyl (C=O) groups excluding carboxylic acids is 1. The third-order valence-corrected chi connectivity index (χ3v) is 4.95. The monoisotopic (exact) mass is 378 g/mol. The minimum Gasteiger partial charge on any atom is -0.444 e. The Morgan fingerprint density at radius 2 is 2.23 bits per heavy atom. The van der Waals surface area contributed by atoms with Gasteiger partial charge in [-0.15, -0.1) is 0 Å². The maximum atomic E-state index is 12.3. The number of anilines is 1. The van der Waals surface area contributed by atoms with Gasteiger partial charge in [-0.3, -0.25) is 10.1 Å². The third-order valence-electron chi connectivity index (χ3n) is 3.98. The second-order valence-electron chi connectivity index (χ2n) is 7.34. The third kappa shape index (κ3) is 4.40. The van der Waals surface area contributed by atoms with Crippen molar-refractivity contribution in [3.05, 3.63) is 28.3 Å². The molecule has 1 aromatic heterocycles. The normalized spacial score (nSPS) is 18.0. The van der Waals surface area contributed by atoms with Crippen LogP contribution >= 0.6 is 11.3 Å². The SMILES string of the molecule is CC(C)(C)OC(=O)N1CCCC(Nc2nc3cc([N+](=O)[O-])ccc3s2)C1. The molecule has 140 valence electrons. The lowest BCUT2D eigenvalue weighted by Gasteiger charge is -2.34. The number of nitro groups is 1. The number of rotatable bonds is 3. The minimum absolute atomic E-state index is 0.0307. The molecule has 0 aliphatic carbocycles. The van der Waals surface area contributed by atoms with Crippen LogP contribution in [0.1, 0.15) is 33.6 Å². The van der Waals surface area contributed by atoms with Crippen molar-refractivity contribution in [3.63, 3.8) is 0 Å². The minimum atomic E-state index is -0.515. The molecule has 8 nitrogen and oxygen atoms in total. The highest BCUT2D eigenvalue weighted by Gasteiger charge is 2.28. The molecule has 26 heavy (non-hydrogen) atoms. The maximum Gasteiger partial charge on any atom is 0.410 e. The number of hydrogen-bond acceptors (Lipinski definition) is 7. The number of thiazole rings is 1. The first kappa shape index (κ1) is 18.4. The molecule has 2 aromatic rings. The molecule has 1 unspecified atom stereocenters. The van der Waals surface area contributed by atoms with Gasteiger partial charge in [-0.05, 0) is 39.7 Å². The van der Waals surface area contributed by atoms with Gasteiger partial charge in [-0.1, -0.05) is 11.3 Å². The van der Waals surface area contributed by atoms with Crippen molar-refractivity contribution in [3.8, 4) is 0 Å². The largest absolute Gasteiger partial charge is 0.444 e. The Hall–Kier alpha value is -2.42. The van der Waals surface area contributed by atoms with E-state index < -0.39 is 10.5 Å². The summed E-state index contributed by atoms with van der Waals surface area (Å²) in [5.74, 6) is 0. The van der Waals surface area contributed by atoms with E-state index in [0.717, 1.165) is 17.5 Å². The number of aromatic nitrogens is 1. The number of piperidine rings is 1. The van der Waals surface area contributed by atoms with Gasteiger partial charge in [0.05, 0.1) is 15.1 Å². The summed E-state index contributed by atoms with van der Waals surface area (Å²) in [7, 11) is 0. The molecule has 0 radical (unpaired) electrons. The van der Waals surface area contributed by atoms with Crippen LogP contribution in [-0.4, -0.2) is 45.6 Å². The predicted octanol–water partition coefficient (Wildman–Crippen LogP) is 4.02. The van der Waals surface area contributed by atoms with Crippen LogP contribution in [-0.2, 0) is 4.74 Å². The van der Waals surface area contributed by atoms with E-state index in [9.17, 15) is 14.9 Å². The smallest absolute Gasteiger partial charge is 0.410 e. The fourth-order valence-corrected chi connectivity index (χ4v) is 3.78. The number of carbonyl (C=O) groups is 1. The highest BCUT2D eigenvalue weighted by Crippen LogP contribution is 2.30. The molecule has 0 saturated carbocycles. The number of hydrogen-bond donors (Lipinski definition) is 1. The van der Waals surface area contributed by atoms with Crippen LogP contribution in [0, 0.1) is 10.1 Å². The van der Waals surface area contributed by atoms with Crippen LogP contribution in [0.5, 0.6) is 0 Å². The van der Waals surface area contributed by atoms with E-state index in [2.05, 4.69) is 10.3 Å². The second kappa shape index (κ2) is 7.06. The van der Waals surface area contributed by atoms with Crippen molar-refractivity contribution in [2.24, 2.45) is 0 Å². The van der Waals surface area contributed by atoms with Gasteiger partial charge in [0.25, 0.3) is 5.69 Å². The number of ether oxygens (including phenoxy) is 1. The van der Waals surface area contributed by atoms with Gasteiger partial charge in [-0.25, -0.2) is 9.78 Å². The van der Waals surface area contributed by atoms with Gasteiger partial charge < -0.3 is 15.0 Å². The zero-order chi connectivity index (χ0) is 18.9. The summed E-state index contributed by atoms with van der Waals surface area (Å²) in [4.78, 5) is 28.9. The lowest BCUT2D eigenvalue weighted by molar-refractivity contribution is -0.384. The molecule has 9 heteroatoms. The molecule has 1 amide bonds. The summed E-state index contributed by atoms with van der Waals surface area (Å²) in [5.41, 5.74) is 0.119. The maximum absolute atomic E-state index is 12.3. The zero-order valence-corrected chi connectivity index (χ0v) is 15.8. The number of non-ortho nitro benzene ring substituents is 1. The Bertz CT molecular complexity index is 830. The number of nitrogens with zero attached hydrogens (tertiary/aromatic N) is 3. The number of amides is 1. The van der Waals surface area contributed by atoms with Crippen LogP contribution in [0.2, 0.25) is 0 Å². The molecule has 2 heterocycles. The van der Waals surface area contributed by atoms with E-state index in [0.29, 0.717) is 23.7 Å². The standard InChI is InChI=1S/C17H22N4O4S/c1-17(2,3)25-16(22)20-8-4-5-11(10-20)18-15-19-13-9-12(21(23)24)6-7-14(13)26-15/h6-7,9,11H,4-5,8,10H2,1-3H3,(H,18,19). The van der Waals surface area contributed by atoms with E-state index in [4.69, 9.17) is 4.74 Å². The molecule has 3 rings (SSSR count). The molecule has 1 aromatic carbocycles. The molecular weight excluding hydrogens is 356 g/mol. The molecule has 1 N–H and O–H groups in total. The molecule has 1 atom stereocenters. The molecule has 1 aliphatic rings. The van der Waals surface area contributed by atoms with Crippen LogP contribution in [0.25, 0.3) is 10.2 Å². The summed E-state index contributed by atoms with van der Waals surface area (Å²) in [5, 5.41) is 14.9. The van der Waals surface area contributed by atoms with Gasteiger partial charge in [0.2, 0.25) is 0 Å². The highest BCUT2D eigenvalue weighted by atomic mass is 32.1. The summed E-state index contributed by atoms with van der Waals surface area (Å²) < 4.78 is 6.33. The Morgan fingerprint density at radius 3 is 2.92 bits per heavy atom. The molecular formula is C17H22N4O4S. The quantitative estimate of drug-likeness (QED) is 0.640. The van der Waals surface area contributed by atoms with Crippen molar-refractivity contribution in [1.82, 2.24) is 9.88 Å². The first-order valence-electron chi connectivity index (χ1n) is 8.51. The van der Waals surface area contributed by atoms with E-state index in [1.807, 2.05) is 20.8 Å². The van der Waals surface area contributed by atoms with Gasteiger partial charge in [0.15, 0.2) is 5.13 Å². The highest BCUT2D eigenvalue weighted by molar-refractivity contribution is 7.22. The summed E-state index contributed by atoms with van der Waals surface area (Å²) in [6, 6.07) is 4.75. The fourth-order valence-electron chi connectivity index (χ4n) is 2.85. The molecule has 1 saturated heterocycles. The van der Waals surface area contributed by atoms with E-state index >= 15 is 0 Å². The van der Waals surface area contributed by atoms with E-state index in [1.165, 1.54) is 23.5 Å². The molecule has 0 spiro atoms. The number of nitrogens with one attached hydrogen (secondary N) is 1. The zero-order valence-electron chi connectivity index (χ0n) is 15.0. The number of benzene rings is 1. The summed E-state index contributed by atoms with van der Waals surface area (Å²) in [6.07, 6.45) is 1.51. The average molecular weight is 378 g/mol. The van der Waals surface area contributed by atoms with Crippen molar-refractivity contribution in [1.29, 1.82) is 0 Å². The number of nitro benzene ring substituents is 1. The van der Waals surface area contributed by atoms with Crippen molar-refractivity contribution >= 4 is 38.5 Å². The van der Waals surface area contributed by atoms with Crippen molar-refractivity contribution in [2.75, 3.05) is 18.4 Å². The molecule has 0 bridgehead atoms. The number of likely N-dealkylation sites (tertiary alicyclic amines) is 1. The Kier molecular flexibility index (Phi) is 4.99. The Balaban J connectivity index is 1.67. The Labute approximate surface area is 155 Å². The molecule has 1 fully saturated rings. The first-order chi connectivity index (χ1) is 12.2. The van der Waals surface area contributed by atoms with Crippen LogP contribution in [0.15, 0.2) is 18.2 Å². The summed E-state index contributed by atoms with van der Waals surface area (Å²) >= 11 is 1.45. The van der Waals surface area contributed by atoms with Gasteiger partial charge in [0.1, 0.15) is 5.60 Å². The van der Waals surface area contributed by atoms with Crippen LogP contribution < -0.4 is 5.32 Å². The Morgan fingerprint density at radius 1 is 1.46 bits per heavy atom. The lowest BCUT2D eigenvalue weighted by Crippen LogP contribution is -2.46. The van der Waals surface area contributed by atoms with E-state index in [-0.39, 0.29) is 17.8 Å². The summed E-state index contributed by atoms with van der Waals surface area (Å²) in [6.45, 7) is 6.78. The first-order valence-corrected chi connectivity index (χ1v) is 9.32. The predicted molar refractivity (Wildman–Crippen MR) is 101 cm³/mol.